The SMILES string of the molecule is O=C(O)c1cnccn1.[H-].[H-].[Na+].[Na+]. The summed E-state index contributed by atoms with van der Waals surface area (Å²) in [7, 11) is 0. The van der Waals surface area contributed by atoms with Crippen molar-refractivity contribution >= 4 is 5.97 Å². The summed E-state index contributed by atoms with van der Waals surface area (Å²) in [6, 6.07) is 0. The first-order chi connectivity index (χ1) is 4.30. The van der Waals surface area contributed by atoms with E-state index in [4.69, 9.17) is 5.11 Å². The molecular weight excluding hydrogens is 166 g/mol. The second-order valence-corrected chi connectivity index (χ2v) is 1.40. The summed E-state index contributed by atoms with van der Waals surface area (Å²) in [6.07, 6.45) is 3.96. The second kappa shape index (κ2) is 7.21. The smallest absolute Gasteiger partial charge is 1.00 e. The maximum atomic E-state index is 10.1. The van der Waals surface area contributed by atoms with E-state index in [9.17, 15) is 4.79 Å². The minimum absolute atomic E-state index is 0. The van der Waals surface area contributed by atoms with Gasteiger partial charge >= 0.3 is 65.1 Å². The summed E-state index contributed by atoms with van der Waals surface area (Å²) in [5.41, 5.74) is -0.0301. The Hall–Kier alpha value is 0.550. The van der Waals surface area contributed by atoms with Gasteiger partial charge in [-0.3, -0.25) is 4.98 Å². The maximum Gasteiger partial charge on any atom is 1.00 e. The van der Waals surface area contributed by atoms with Gasteiger partial charge in [-0.1, -0.05) is 0 Å². The molecule has 0 spiro atoms. The monoisotopic (exact) mass is 172 g/mol. The van der Waals surface area contributed by atoms with Crippen molar-refractivity contribution in [3.05, 3.63) is 24.3 Å². The Kier molecular flexibility index (Phi) is 9.24. The van der Waals surface area contributed by atoms with E-state index in [0.29, 0.717) is 0 Å². The van der Waals surface area contributed by atoms with Gasteiger partial charge in [0.25, 0.3) is 0 Å². The van der Waals surface area contributed by atoms with Crippen molar-refractivity contribution in [2.75, 3.05) is 0 Å². The molecule has 0 aliphatic rings. The van der Waals surface area contributed by atoms with Gasteiger partial charge in [0.05, 0.1) is 6.20 Å². The summed E-state index contributed by atoms with van der Waals surface area (Å²) in [5.74, 6) is -1.05. The average Bonchev–Trinajstić information content (AvgIpc) is 1.90. The fourth-order valence-electron chi connectivity index (χ4n) is 0.410. The molecule has 0 unspecified atom stereocenters. The molecule has 0 radical (unpaired) electrons. The minimum Gasteiger partial charge on any atom is -1.00 e. The summed E-state index contributed by atoms with van der Waals surface area (Å²) < 4.78 is 0. The summed E-state index contributed by atoms with van der Waals surface area (Å²) in [5, 5.41) is 8.28. The average molecular weight is 172 g/mol. The van der Waals surface area contributed by atoms with Crippen molar-refractivity contribution in [2.45, 2.75) is 0 Å². The third kappa shape index (κ3) is 4.90. The quantitative estimate of drug-likeness (QED) is 0.429. The van der Waals surface area contributed by atoms with E-state index in [1.54, 1.807) is 0 Å². The van der Waals surface area contributed by atoms with Gasteiger partial charge in [-0.2, -0.15) is 0 Å². The molecule has 11 heavy (non-hydrogen) atoms. The van der Waals surface area contributed by atoms with Crippen LogP contribution in [0.4, 0.5) is 0 Å². The molecule has 0 aromatic carbocycles. The second-order valence-electron chi connectivity index (χ2n) is 1.40. The molecule has 4 nitrogen and oxygen atoms in total. The molecule has 1 heterocycles. The number of carbonyl (C=O) groups is 1. The van der Waals surface area contributed by atoms with E-state index in [-0.39, 0.29) is 67.7 Å². The Labute approximate surface area is 111 Å². The van der Waals surface area contributed by atoms with E-state index < -0.39 is 5.97 Å². The fraction of sp³-hybridized carbons (Fsp3) is 0. The molecule has 1 N–H and O–H groups in total. The van der Waals surface area contributed by atoms with Gasteiger partial charge in [0, 0.05) is 12.4 Å². The molecule has 6 heteroatoms. The summed E-state index contributed by atoms with van der Waals surface area (Å²) >= 11 is 0. The standard InChI is InChI=1S/C5H4N2O2.2Na.2H/c8-5(9)4-3-6-1-2-7-4;;;;/h1-3H,(H,8,9);;;;/q;2*+1;2*-1. The number of hydrogen-bond acceptors (Lipinski definition) is 3. The number of rotatable bonds is 1. The van der Waals surface area contributed by atoms with Crippen LogP contribution in [0.2, 0.25) is 0 Å². The molecule has 1 rings (SSSR count). The topological polar surface area (TPSA) is 63.1 Å². The molecular formula is C5H6N2Na2O2. The van der Waals surface area contributed by atoms with Crippen molar-refractivity contribution < 1.29 is 71.9 Å². The predicted octanol–water partition coefficient (Wildman–Crippen LogP) is -5.59. The zero-order valence-electron chi connectivity index (χ0n) is 8.48. The van der Waals surface area contributed by atoms with Gasteiger partial charge in [-0.15, -0.1) is 0 Å². The van der Waals surface area contributed by atoms with Crippen molar-refractivity contribution in [3.8, 4) is 0 Å². The minimum atomic E-state index is -1.05. The van der Waals surface area contributed by atoms with Crippen LogP contribution in [0, 0.1) is 0 Å². The zero-order chi connectivity index (χ0) is 6.69. The third-order valence-corrected chi connectivity index (χ3v) is 0.782. The third-order valence-electron chi connectivity index (χ3n) is 0.782. The first kappa shape index (κ1) is 14.1. The molecule has 0 aliphatic heterocycles. The van der Waals surface area contributed by atoms with Crippen LogP contribution in [-0.4, -0.2) is 21.0 Å². The largest absolute Gasteiger partial charge is 1.00 e. The molecule has 0 saturated carbocycles. The van der Waals surface area contributed by atoms with Crippen LogP contribution >= 0.6 is 0 Å². The van der Waals surface area contributed by atoms with Crippen LogP contribution in [0.25, 0.3) is 0 Å². The number of carboxylic acid groups (broad SMARTS) is 1. The number of aromatic carboxylic acids is 1. The first-order valence-corrected chi connectivity index (χ1v) is 2.30. The van der Waals surface area contributed by atoms with Crippen molar-refractivity contribution in [1.29, 1.82) is 0 Å². The molecule has 0 saturated heterocycles. The van der Waals surface area contributed by atoms with Crippen LogP contribution < -0.4 is 59.1 Å². The number of aromatic nitrogens is 2. The Morgan fingerprint density at radius 2 is 2.09 bits per heavy atom. The first-order valence-electron chi connectivity index (χ1n) is 2.30. The maximum absolute atomic E-state index is 10.1. The molecule has 0 bridgehead atoms. The van der Waals surface area contributed by atoms with Gasteiger partial charge in [0.2, 0.25) is 0 Å². The van der Waals surface area contributed by atoms with E-state index in [1.165, 1.54) is 18.6 Å². The van der Waals surface area contributed by atoms with Gasteiger partial charge < -0.3 is 7.96 Å². The van der Waals surface area contributed by atoms with Crippen molar-refractivity contribution in [3.63, 3.8) is 0 Å². The van der Waals surface area contributed by atoms with Crippen LogP contribution in [-0.2, 0) is 0 Å². The molecule has 0 aliphatic carbocycles. The van der Waals surface area contributed by atoms with Crippen LogP contribution in [0.5, 0.6) is 0 Å². The van der Waals surface area contributed by atoms with Crippen LogP contribution in [0.15, 0.2) is 18.6 Å². The molecule has 0 atom stereocenters. The molecule has 1 aromatic rings. The van der Waals surface area contributed by atoms with Crippen LogP contribution in [0.1, 0.15) is 13.3 Å². The summed E-state index contributed by atoms with van der Waals surface area (Å²) in [6.45, 7) is 0. The van der Waals surface area contributed by atoms with Crippen molar-refractivity contribution in [2.24, 2.45) is 0 Å². The van der Waals surface area contributed by atoms with Gasteiger partial charge in [-0.05, 0) is 0 Å². The zero-order valence-corrected chi connectivity index (χ0v) is 10.5. The normalized spacial score (nSPS) is 7.27. The van der Waals surface area contributed by atoms with E-state index in [1.807, 2.05) is 0 Å². The molecule has 50 valence electrons. The Bertz CT molecular complexity index is 225. The number of hydrogen-bond donors (Lipinski definition) is 1. The Morgan fingerprint density at radius 3 is 2.36 bits per heavy atom. The van der Waals surface area contributed by atoms with Crippen molar-refractivity contribution in [1.82, 2.24) is 9.97 Å². The molecule has 1 aromatic heterocycles. The Balaban J connectivity index is -0.000000101. The van der Waals surface area contributed by atoms with E-state index >= 15 is 0 Å². The van der Waals surface area contributed by atoms with E-state index in [0.717, 1.165) is 0 Å². The summed E-state index contributed by atoms with van der Waals surface area (Å²) in [4.78, 5) is 17.2. The number of nitrogens with zero attached hydrogens (tertiary/aromatic N) is 2. The molecule has 0 amide bonds. The Morgan fingerprint density at radius 1 is 1.45 bits per heavy atom. The van der Waals surface area contributed by atoms with Gasteiger partial charge in [0.1, 0.15) is 0 Å². The van der Waals surface area contributed by atoms with E-state index in [2.05, 4.69) is 9.97 Å². The van der Waals surface area contributed by atoms with Crippen LogP contribution in [0.3, 0.4) is 0 Å². The predicted molar refractivity (Wildman–Crippen MR) is 31.2 cm³/mol. The number of carboxylic acids is 1. The van der Waals surface area contributed by atoms with Gasteiger partial charge in [0.15, 0.2) is 5.69 Å². The van der Waals surface area contributed by atoms with Gasteiger partial charge in [-0.25, -0.2) is 9.78 Å². The fourth-order valence-corrected chi connectivity index (χ4v) is 0.410. The molecule has 0 fully saturated rings.